The zero-order valence-corrected chi connectivity index (χ0v) is 23.2. The molecule has 14 heteroatoms. The van der Waals surface area contributed by atoms with Crippen molar-refractivity contribution in [2.45, 2.75) is 82.8 Å². The van der Waals surface area contributed by atoms with E-state index in [4.69, 9.17) is 9.47 Å². The number of hydrogen-bond acceptors (Lipinski definition) is 9. The third kappa shape index (κ3) is 5.30. The lowest BCUT2D eigenvalue weighted by atomic mass is 10.0. The highest BCUT2D eigenvalue weighted by Crippen LogP contribution is 2.47. The Bertz CT molecular complexity index is 1440. The van der Waals surface area contributed by atoms with Crippen molar-refractivity contribution in [3.8, 4) is 0 Å². The van der Waals surface area contributed by atoms with Gasteiger partial charge in [0, 0.05) is 31.4 Å². The Morgan fingerprint density at radius 3 is 2.68 bits per heavy atom. The molecule has 0 spiro atoms. The molecule has 0 aromatic carbocycles. The molecule has 5 heterocycles. The molecule has 220 valence electrons. The molecule has 0 radical (unpaired) electrons. The van der Waals surface area contributed by atoms with Crippen molar-refractivity contribution < 1.29 is 27.4 Å². The minimum Gasteiger partial charge on any atom is -0.364 e. The second-order valence-electron chi connectivity index (χ2n) is 11.7. The van der Waals surface area contributed by atoms with E-state index in [0.717, 1.165) is 12.1 Å². The van der Waals surface area contributed by atoms with Crippen LogP contribution in [0.5, 0.6) is 0 Å². The summed E-state index contributed by atoms with van der Waals surface area (Å²) in [6.07, 6.45) is 0.326. The van der Waals surface area contributed by atoms with Crippen LogP contribution in [0.4, 0.5) is 24.8 Å². The molecule has 3 aromatic rings. The summed E-state index contributed by atoms with van der Waals surface area (Å²) in [5.74, 6) is -0.466. The number of hydrogen-bond donors (Lipinski definition) is 2. The molecule has 6 rings (SSSR count). The van der Waals surface area contributed by atoms with Gasteiger partial charge in [0.05, 0.1) is 23.9 Å². The predicted octanol–water partition coefficient (Wildman–Crippen LogP) is 3.54. The predicted molar refractivity (Wildman–Crippen MR) is 143 cm³/mol. The molecule has 1 amide bonds. The molecule has 3 aromatic heterocycles. The maximum Gasteiger partial charge on any atom is 0.416 e. The third-order valence-electron chi connectivity index (χ3n) is 7.84. The molecule has 2 N–H and O–H groups in total. The van der Waals surface area contributed by atoms with Gasteiger partial charge in [-0.1, -0.05) is 0 Å². The molecule has 5 atom stereocenters. The van der Waals surface area contributed by atoms with E-state index in [2.05, 4.69) is 30.6 Å². The van der Waals surface area contributed by atoms with Gasteiger partial charge in [0.25, 0.3) is 0 Å². The number of alkyl halides is 3. The van der Waals surface area contributed by atoms with Crippen molar-refractivity contribution in [2.75, 3.05) is 23.3 Å². The van der Waals surface area contributed by atoms with Crippen LogP contribution in [0, 0.1) is 5.92 Å². The number of imidazole rings is 1. The number of nitrogens with zero attached hydrogens (tertiary/aromatic N) is 6. The van der Waals surface area contributed by atoms with E-state index in [0.29, 0.717) is 42.9 Å². The first-order valence-electron chi connectivity index (χ1n) is 13.8. The van der Waals surface area contributed by atoms with Crippen molar-refractivity contribution in [2.24, 2.45) is 5.92 Å². The fourth-order valence-electron chi connectivity index (χ4n) is 6.12. The number of amides is 1. The number of anilines is 2. The van der Waals surface area contributed by atoms with Crippen molar-refractivity contribution >= 4 is 28.7 Å². The van der Waals surface area contributed by atoms with E-state index in [9.17, 15) is 18.0 Å². The molecule has 3 aliphatic rings. The summed E-state index contributed by atoms with van der Waals surface area (Å²) in [5, 5.41) is 6.41. The average Bonchev–Trinajstić information content (AvgIpc) is 3.66. The number of carbonyl (C=O) groups is 1. The van der Waals surface area contributed by atoms with Gasteiger partial charge in [-0.05, 0) is 52.7 Å². The van der Waals surface area contributed by atoms with E-state index >= 15 is 0 Å². The van der Waals surface area contributed by atoms with Gasteiger partial charge >= 0.3 is 6.18 Å². The van der Waals surface area contributed by atoms with E-state index < -0.39 is 23.6 Å². The van der Waals surface area contributed by atoms with Gasteiger partial charge in [0.1, 0.15) is 29.9 Å². The fourth-order valence-corrected chi connectivity index (χ4v) is 6.12. The van der Waals surface area contributed by atoms with Crippen molar-refractivity contribution in [1.29, 1.82) is 0 Å². The summed E-state index contributed by atoms with van der Waals surface area (Å²) in [4.78, 5) is 32.6. The molecule has 11 nitrogen and oxygen atoms in total. The highest BCUT2D eigenvalue weighted by Gasteiger charge is 2.57. The molecule has 1 saturated carbocycles. The highest BCUT2D eigenvalue weighted by molar-refractivity contribution is 5.83. The normalized spacial score (nSPS) is 27.5. The second kappa shape index (κ2) is 10.1. The van der Waals surface area contributed by atoms with Crippen LogP contribution >= 0.6 is 0 Å². The number of aromatic nitrogens is 5. The van der Waals surface area contributed by atoms with Crippen LogP contribution in [0.15, 0.2) is 31.0 Å². The Morgan fingerprint density at radius 1 is 1.15 bits per heavy atom. The minimum absolute atomic E-state index is 0.00153. The summed E-state index contributed by atoms with van der Waals surface area (Å²) in [7, 11) is 0. The monoisotopic (exact) mass is 574 g/mol. The van der Waals surface area contributed by atoms with Crippen molar-refractivity contribution in [1.82, 2.24) is 29.8 Å². The summed E-state index contributed by atoms with van der Waals surface area (Å²) >= 11 is 0. The number of halogens is 3. The molecule has 0 unspecified atom stereocenters. The molecule has 1 aliphatic carbocycles. The summed E-state index contributed by atoms with van der Waals surface area (Å²) in [5.41, 5.74) is 0.437. The van der Waals surface area contributed by atoms with Gasteiger partial charge in [-0.15, -0.1) is 0 Å². The van der Waals surface area contributed by atoms with E-state index in [-0.39, 0.29) is 41.9 Å². The molecular formula is C27H33F3N8O3. The number of nitrogens with one attached hydrogen (secondary N) is 2. The van der Waals surface area contributed by atoms with Gasteiger partial charge in [0.15, 0.2) is 17.3 Å². The number of pyridine rings is 1. The van der Waals surface area contributed by atoms with Crippen LogP contribution in [0.3, 0.4) is 0 Å². The van der Waals surface area contributed by atoms with Gasteiger partial charge in [0.2, 0.25) is 5.91 Å². The first-order chi connectivity index (χ1) is 19.4. The molecule has 41 heavy (non-hydrogen) atoms. The maximum absolute atomic E-state index is 13.2. The zero-order chi connectivity index (χ0) is 29.1. The van der Waals surface area contributed by atoms with E-state index in [1.54, 1.807) is 6.33 Å². The van der Waals surface area contributed by atoms with E-state index in [1.165, 1.54) is 12.5 Å². The molecule has 2 saturated heterocycles. The zero-order valence-electron chi connectivity index (χ0n) is 23.2. The molecule has 3 fully saturated rings. The smallest absolute Gasteiger partial charge is 0.364 e. The van der Waals surface area contributed by atoms with Crippen LogP contribution in [0.2, 0.25) is 0 Å². The Hall–Kier alpha value is -3.52. The lowest BCUT2D eigenvalue weighted by Gasteiger charge is -2.24. The first kappa shape index (κ1) is 27.6. The first-order valence-corrected chi connectivity index (χ1v) is 13.8. The van der Waals surface area contributed by atoms with Crippen LogP contribution in [-0.2, 0) is 20.4 Å². The fraction of sp³-hybridized carbons (Fsp3) is 0.593. The largest absolute Gasteiger partial charge is 0.416 e. The number of rotatable bonds is 6. The Balaban J connectivity index is 1.21. The van der Waals surface area contributed by atoms with Crippen molar-refractivity contribution in [3.05, 3.63) is 36.5 Å². The SMILES string of the molecule is CC(C)NC(=O)[C@H]1C[C@@H](n2cnc3c(N[C@H]4CCN(c5cc(C(F)(F)F)ccn5)C4)ncnc32)[C@@H]2OC(C)(C)O[C@@H]21. The highest BCUT2D eigenvalue weighted by atomic mass is 19.4. The summed E-state index contributed by atoms with van der Waals surface area (Å²) in [6, 6.07) is 1.74. The number of ether oxygens (including phenoxy) is 2. The van der Waals surface area contributed by atoms with Crippen LogP contribution in [0.1, 0.15) is 52.1 Å². The molecule has 2 aliphatic heterocycles. The third-order valence-corrected chi connectivity index (χ3v) is 7.84. The van der Waals surface area contributed by atoms with Crippen LogP contribution in [0.25, 0.3) is 11.2 Å². The topological polar surface area (TPSA) is 119 Å². The van der Waals surface area contributed by atoms with Gasteiger partial charge < -0.3 is 29.6 Å². The quantitative estimate of drug-likeness (QED) is 0.456. The standard InChI is InChI=1S/C27H33F3N8O3/c1-14(2)35-25(39)17-10-18(22-21(17)40-26(3,4)41-22)38-13-34-20-23(32-12-33-24(20)38)36-16-6-8-37(11-16)19-9-15(5-7-31-19)27(28,29)30/h5,7,9,12-14,16-18,21-22H,6,8,10-11H2,1-4H3,(H,35,39)(H,32,33,36)/t16-,17-,18+,21+,22-/m0/s1. The van der Waals surface area contributed by atoms with Crippen LogP contribution in [-0.4, -0.2) is 73.6 Å². The lowest BCUT2D eigenvalue weighted by molar-refractivity contribution is -0.163. The number of carbonyl (C=O) groups excluding carboxylic acids is 1. The van der Waals surface area contributed by atoms with Gasteiger partial charge in [-0.2, -0.15) is 13.2 Å². The van der Waals surface area contributed by atoms with E-state index in [1.807, 2.05) is 37.2 Å². The van der Waals surface area contributed by atoms with Gasteiger partial charge in [-0.3, -0.25) is 4.79 Å². The Labute approximate surface area is 234 Å². The average molecular weight is 575 g/mol. The Kier molecular flexibility index (Phi) is 6.80. The van der Waals surface area contributed by atoms with Gasteiger partial charge in [-0.25, -0.2) is 19.9 Å². The Morgan fingerprint density at radius 2 is 1.93 bits per heavy atom. The van der Waals surface area contributed by atoms with Crippen molar-refractivity contribution in [3.63, 3.8) is 0 Å². The lowest BCUT2D eigenvalue weighted by Crippen LogP contribution is -2.40. The summed E-state index contributed by atoms with van der Waals surface area (Å²) in [6.45, 7) is 8.54. The maximum atomic E-state index is 13.2. The molecular weight excluding hydrogens is 541 g/mol. The second-order valence-corrected chi connectivity index (χ2v) is 11.7. The van der Waals surface area contributed by atoms with Crippen LogP contribution < -0.4 is 15.5 Å². The number of fused-ring (bicyclic) bond motifs is 2. The molecule has 0 bridgehead atoms. The summed E-state index contributed by atoms with van der Waals surface area (Å²) < 4.78 is 53.9. The minimum atomic E-state index is -4.43.